The van der Waals surface area contributed by atoms with E-state index in [9.17, 15) is 0 Å². The summed E-state index contributed by atoms with van der Waals surface area (Å²) in [7, 11) is 0. The third kappa shape index (κ3) is 5.29. The number of anilines is 3. The predicted octanol–water partition coefficient (Wildman–Crippen LogP) is 15.0. The van der Waals surface area contributed by atoms with Gasteiger partial charge in [0.1, 0.15) is 16.2 Å². The summed E-state index contributed by atoms with van der Waals surface area (Å²) in [5.74, 6) is 0. The Kier molecular flexibility index (Phi) is 7.38. The minimum atomic E-state index is -0.0972. The molecule has 11 rings (SSSR count). The van der Waals surface area contributed by atoms with Crippen molar-refractivity contribution in [2.45, 2.75) is 19.3 Å². The quantitative estimate of drug-likeness (QED) is 0.170. The fourth-order valence-corrected chi connectivity index (χ4v) is 9.58. The molecule has 1 aliphatic rings. The molecule has 3 nitrogen and oxygen atoms in total. The number of rotatable bonds is 6. The van der Waals surface area contributed by atoms with E-state index in [1.165, 1.54) is 33.4 Å². The van der Waals surface area contributed by atoms with Crippen molar-refractivity contribution in [2.24, 2.45) is 0 Å². The monoisotopic (exact) mass is 736 g/mol. The van der Waals surface area contributed by atoms with Crippen molar-refractivity contribution in [3.8, 4) is 44.0 Å². The van der Waals surface area contributed by atoms with Gasteiger partial charge in [0, 0.05) is 44.9 Å². The van der Waals surface area contributed by atoms with E-state index in [-0.39, 0.29) is 5.41 Å². The van der Waals surface area contributed by atoms with E-state index in [4.69, 9.17) is 9.40 Å². The molecular formula is C52H36N2OS. The van der Waals surface area contributed by atoms with Crippen molar-refractivity contribution in [1.82, 2.24) is 4.98 Å². The van der Waals surface area contributed by atoms with Crippen LogP contribution in [-0.2, 0) is 5.41 Å². The van der Waals surface area contributed by atoms with Crippen LogP contribution in [-0.4, -0.2) is 4.98 Å². The first kappa shape index (κ1) is 32.7. The van der Waals surface area contributed by atoms with Crippen molar-refractivity contribution in [3.05, 3.63) is 193 Å². The molecule has 0 bridgehead atoms. The van der Waals surface area contributed by atoms with Crippen LogP contribution in [0.25, 0.3) is 76.1 Å². The number of benzene rings is 8. The zero-order chi connectivity index (χ0) is 37.4. The van der Waals surface area contributed by atoms with Crippen LogP contribution in [0.15, 0.2) is 186 Å². The van der Waals surface area contributed by atoms with Gasteiger partial charge in [-0.1, -0.05) is 135 Å². The van der Waals surface area contributed by atoms with Crippen LogP contribution in [0.2, 0.25) is 0 Å². The van der Waals surface area contributed by atoms with Gasteiger partial charge in [0.05, 0.1) is 10.2 Å². The second kappa shape index (κ2) is 12.7. The lowest BCUT2D eigenvalue weighted by atomic mass is 9.82. The van der Waals surface area contributed by atoms with Gasteiger partial charge in [0.2, 0.25) is 0 Å². The van der Waals surface area contributed by atoms with E-state index in [2.05, 4.69) is 195 Å². The molecule has 0 spiro atoms. The molecule has 0 aliphatic heterocycles. The fraction of sp³-hybridized carbons (Fsp3) is 0.0577. The maximum atomic E-state index is 6.39. The highest BCUT2D eigenvalue weighted by atomic mass is 32.1. The Balaban J connectivity index is 0.980. The first-order valence-electron chi connectivity index (χ1n) is 19.1. The fourth-order valence-electron chi connectivity index (χ4n) is 8.60. The maximum Gasteiger partial charge on any atom is 0.136 e. The van der Waals surface area contributed by atoms with E-state index in [1.54, 1.807) is 11.3 Å². The maximum absolute atomic E-state index is 6.39. The van der Waals surface area contributed by atoms with Crippen LogP contribution < -0.4 is 4.90 Å². The summed E-state index contributed by atoms with van der Waals surface area (Å²) < 4.78 is 7.52. The molecule has 0 fully saturated rings. The highest BCUT2D eigenvalue weighted by molar-refractivity contribution is 7.21. The van der Waals surface area contributed by atoms with E-state index < -0.39 is 0 Å². The molecule has 0 unspecified atom stereocenters. The minimum absolute atomic E-state index is 0.0972. The molecule has 8 aromatic carbocycles. The summed E-state index contributed by atoms with van der Waals surface area (Å²) in [5.41, 5.74) is 17.2. The molecule has 2 heterocycles. The molecule has 4 heteroatoms. The molecule has 0 saturated heterocycles. The second-order valence-corrected chi connectivity index (χ2v) is 16.2. The van der Waals surface area contributed by atoms with Gasteiger partial charge in [-0.15, -0.1) is 11.3 Å². The largest absolute Gasteiger partial charge is 0.456 e. The van der Waals surface area contributed by atoms with Crippen molar-refractivity contribution in [2.75, 3.05) is 4.90 Å². The molecule has 0 amide bonds. The third-order valence-corrected chi connectivity index (χ3v) is 12.6. The number of thiazole rings is 1. The molecule has 0 saturated carbocycles. The average molecular weight is 737 g/mol. The second-order valence-electron chi connectivity index (χ2n) is 15.2. The molecule has 0 radical (unpaired) electrons. The summed E-state index contributed by atoms with van der Waals surface area (Å²) >= 11 is 1.70. The van der Waals surface area contributed by atoms with Gasteiger partial charge in [0.25, 0.3) is 0 Å². The van der Waals surface area contributed by atoms with Crippen molar-refractivity contribution < 1.29 is 4.42 Å². The highest BCUT2D eigenvalue weighted by Crippen LogP contribution is 2.51. The van der Waals surface area contributed by atoms with Crippen molar-refractivity contribution in [1.29, 1.82) is 0 Å². The molecule has 56 heavy (non-hydrogen) atoms. The lowest BCUT2D eigenvalue weighted by molar-refractivity contribution is 0.660. The van der Waals surface area contributed by atoms with E-state index in [0.717, 1.165) is 70.9 Å². The number of hydrogen-bond acceptors (Lipinski definition) is 4. The Bertz CT molecular complexity index is 3090. The van der Waals surface area contributed by atoms with Gasteiger partial charge in [-0.2, -0.15) is 0 Å². The Hall–Kier alpha value is -6.75. The number of fused-ring (bicyclic) bond motifs is 7. The number of hydrogen-bond donors (Lipinski definition) is 0. The zero-order valence-corrected chi connectivity index (χ0v) is 31.8. The highest BCUT2D eigenvalue weighted by Gasteiger charge is 2.35. The molecule has 0 atom stereocenters. The molecule has 0 N–H and O–H groups in total. The predicted molar refractivity (Wildman–Crippen MR) is 235 cm³/mol. The summed E-state index contributed by atoms with van der Waals surface area (Å²) in [5, 5.41) is 3.20. The smallest absolute Gasteiger partial charge is 0.136 e. The van der Waals surface area contributed by atoms with E-state index in [0.29, 0.717) is 0 Å². The van der Waals surface area contributed by atoms with Gasteiger partial charge in [-0.3, -0.25) is 0 Å². The topological polar surface area (TPSA) is 29.3 Å². The number of furan rings is 1. The molecule has 10 aromatic rings. The van der Waals surface area contributed by atoms with E-state index >= 15 is 0 Å². The third-order valence-electron chi connectivity index (χ3n) is 11.5. The van der Waals surface area contributed by atoms with E-state index in [1.807, 2.05) is 6.07 Å². The molecule has 266 valence electrons. The standard InChI is InChI=1S/C52H36N2OS/c1-52(2)45-16-10-9-15-41(45)42-27-26-40(30-46(42)52)54(38-22-17-34(18-23-38)33-11-5-3-6-12-33)39-24-19-35(20-25-39)37-21-28-48-43(29-37)44-31-47-50(32-49(44)55-48)56-51(53-47)36-13-7-4-8-14-36/h3-32H,1-2H3. The molecular weight excluding hydrogens is 701 g/mol. The normalized spacial score (nSPS) is 13.0. The Morgan fingerprint density at radius 1 is 0.464 bits per heavy atom. The van der Waals surface area contributed by atoms with Gasteiger partial charge in [0.15, 0.2) is 0 Å². The van der Waals surface area contributed by atoms with Gasteiger partial charge < -0.3 is 9.32 Å². The van der Waals surface area contributed by atoms with Crippen LogP contribution in [0, 0.1) is 0 Å². The van der Waals surface area contributed by atoms with Gasteiger partial charge in [-0.25, -0.2) is 4.98 Å². The number of nitrogens with zero attached hydrogens (tertiary/aromatic N) is 2. The minimum Gasteiger partial charge on any atom is -0.456 e. The Labute approximate surface area is 329 Å². The van der Waals surface area contributed by atoms with Crippen LogP contribution in [0.3, 0.4) is 0 Å². The molecule has 2 aromatic heterocycles. The Morgan fingerprint density at radius 3 is 1.77 bits per heavy atom. The SMILES string of the molecule is CC1(C)c2ccccc2-c2ccc(N(c3ccc(-c4ccccc4)cc3)c3ccc(-c4ccc5oc6cc7sc(-c8ccccc8)nc7cc6c5c4)cc3)cc21. The van der Waals surface area contributed by atoms with Crippen LogP contribution in [0.1, 0.15) is 25.0 Å². The lowest BCUT2D eigenvalue weighted by Crippen LogP contribution is -2.16. The van der Waals surface area contributed by atoms with Crippen LogP contribution >= 0.6 is 11.3 Å². The van der Waals surface area contributed by atoms with Gasteiger partial charge >= 0.3 is 0 Å². The van der Waals surface area contributed by atoms with Crippen LogP contribution in [0.4, 0.5) is 17.1 Å². The van der Waals surface area contributed by atoms with Crippen molar-refractivity contribution in [3.63, 3.8) is 0 Å². The number of aromatic nitrogens is 1. The zero-order valence-electron chi connectivity index (χ0n) is 31.0. The van der Waals surface area contributed by atoms with Crippen LogP contribution in [0.5, 0.6) is 0 Å². The average Bonchev–Trinajstić information content (AvgIpc) is 3.90. The Morgan fingerprint density at radius 2 is 1.04 bits per heavy atom. The first-order valence-corrected chi connectivity index (χ1v) is 19.9. The summed E-state index contributed by atoms with van der Waals surface area (Å²) in [6, 6.07) is 65.5. The van der Waals surface area contributed by atoms with Gasteiger partial charge in [-0.05, 0) is 99.1 Å². The summed E-state index contributed by atoms with van der Waals surface area (Å²) in [6.07, 6.45) is 0. The molecule has 1 aliphatic carbocycles. The summed E-state index contributed by atoms with van der Waals surface area (Å²) in [6.45, 7) is 4.69. The van der Waals surface area contributed by atoms with Crippen molar-refractivity contribution >= 4 is 60.6 Å². The summed E-state index contributed by atoms with van der Waals surface area (Å²) in [4.78, 5) is 7.39. The first-order chi connectivity index (χ1) is 27.5. The lowest BCUT2D eigenvalue weighted by Gasteiger charge is -2.28.